The number of aliphatic imine (C=N–C) groups is 1. The highest BCUT2D eigenvalue weighted by Gasteiger charge is 2.43. The van der Waals surface area contributed by atoms with Crippen LogP contribution in [0.5, 0.6) is 0 Å². The van der Waals surface area contributed by atoms with Gasteiger partial charge in [0.25, 0.3) is 0 Å². The molecule has 1 aliphatic carbocycles. The molecule has 0 atom stereocenters. The van der Waals surface area contributed by atoms with Crippen LogP contribution in [0.25, 0.3) is 0 Å². The average molecular weight is 518 g/mol. The first-order valence-corrected chi connectivity index (χ1v) is 10.6. The Hall–Kier alpha value is -1.16. The van der Waals surface area contributed by atoms with E-state index in [-0.39, 0.29) is 34.8 Å². The summed E-state index contributed by atoms with van der Waals surface area (Å²) in [6, 6.07) is 10.9. The van der Waals surface area contributed by atoms with Crippen molar-refractivity contribution in [2.75, 3.05) is 33.3 Å². The van der Waals surface area contributed by atoms with E-state index in [1.807, 2.05) is 25.7 Å². The molecule has 2 aliphatic rings. The van der Waals surface area contributed by atoms with Gasteiger partial charge in [0.15, 0.2) is 5.96 Å². The van der Waals surface area contributed by atoms with Crippen LogP contribution in [0.3, 0.4) is 0 Å². The molecule has 1 aromatic carbocycles. The number of hydrogen-bond donors (Lipinski definition) is 2. The molecule has 1 aromatic rings. The number of ether oxygens (including phenoxy) is 1. The van der Waals surface area contributed by atoms with E-state index in [0.717, 1.165) is 38.4 Å². The second-order valence-electron chi connectivity index (χ2n) is 7.13. The van der Waals surface area contributed by atoms with Crippen LogP contribution in [0.1, 0.15) is 32.6 Å². The van der Waals surface area contributed by atoms with Crippen molar-refractivity contribution in [1.29, 1.82) is 0 Å². The van der Waals surface area contributed by atoms with Gasteiger partial charge in [-0.15, -0.1) is 35.7 Å². The summed E-state index contributed by atoms with van der Waals surface area (Å²) in [6.07, 6.45) is 4.07. The Kier molecular flexibility index (Phi) is 9.20. The number of hydrogen-bond acceptors (Lipinski definition) is 4. The fourth-order valence-corrected chi connectivity index (χ4v) is 4.49. The highest BCUT2D eigenvalue weighted by atomic mass is 127. The predicted molar refractivity (Wildman–Crippen MR) is 126 cm³/mol. The van der Waals surface area contributed by atoms with Gasteiger partial charge in [0.05, 0.1) is 6.61 Å². The quantitative estimate of drug-likeness (QED) is 0.342. The number of nitrogens with zero attached hydrogens (tertiary/aromatic N) is 2. The van der Waals surface area contributed by atoms with Crippen LogP contribution in [0.15, 0.2) is 40.2 Å². The first-order valence-electron chi connectivity index (χ1n) is 9.77. The Bertz CT molecular complexity index is 647. The third-order valence-corrected chi connectivity index (χ3v) is 6.54. The van der Waals surface area contributed by atoms with Gasteiger partial charge in [-0.3, -0.25) is 4.99 Å². The lowest BCUT2D eigenvalue weighted by Gasteiger charge is -2.32. The predicted octanol–water partition coefficient (Wildman–Crippen LogP) is 3.72. The molecular weight excluding hydrogens is 487 g/mol. The van der Waals surface area contributed by atoms with Gasteiger partial charge < -0.3 is 20.3 Å². The zero-order valence-electron chi connectivity index (χ0n) is 16.6. The molecule has 0 aromatic heterocycles. The Labute approximate surface area is 189 Å². The maximum Gasteiger partial charge on any atom is 0.409 e. The topological polar surface area (TPSA) is 66.0 Å². The molecule has 1 saturated carbocycles. The molecule has 0 spiro atoms. The fraction of sp³-hybridized carbons (Fsp3) is 0.600. The lowest BCUT2D eigenvalue weighted by atomic mass is 10.1. The van der Waals surface area contributed by atoms with Gasteiger partial charge in [-0.05, 0) is 44.7 Å². The minimum absolute atomic E-state index is 0. The largest absolute Gasteiger partial charge is 0.450 e. The number of carbonyl (C=O) groups excluding carboxylic acids is 1. The van der Waals surface area contributed by atoms with Gasteiger partial charge in [-0.2, -0.15) is 0 Å². The highest BCUT2D eigenvalue weighted by Crippen LogP contribution is 2.51. The molecule has 1 aliphatic heterocycles. The molecule has 8 heteroatoms. The third-order valence-electron chi connectivity index (χ3n) is 5.05. The van der Waals surface area contributed by atoms with Gasteiger partial charge in [0, 0.05) is 42.4 Å². The van der Waals surface area contributed by atoms with Crippen molar-refractivity contribution in [3.63, 3.8) is 0 Å². The van der Waals surface area contributed by atoms with E-state index in [0.29, 0.717) is 12.6 Å². The summed E-state index contributed by atoms with van der Waals surface area (Å²) >= 11 is 1.96. The van der Waals surface area contributed by atoms with Gasteiger partial charge in [0.2, 0.25) is 0 Å². The Morgan fingerprint density at radius 2 is 1.96 bits per heavy atom. The Morgan fingerprint density at radius 1 is 1.29 bits per heavy atom. The number of amides is 1. The van der Waals surface area contributed by atoms with E-state index >= 15 is 0 Å². The number of thioether (sulfide) groups is 1. The zero-order chi connectivity index (χ0) is 19.1. The summed E-state index contributed by atoms with van der Waals surface area (Å²) in [5, 5.41) is 7.02. The summed E-state index contributed by atoms with van der Waals surface area (Å²) in [4.78, 5) is 19.3. The number of nitrogens with one attached hydrogen (secondary N) is 2. The normalized spacial score (nSPS) is 18.8. The SMILES string of the molecule is CCOC(=O)N1CCC(NC(=NC)NCC2(Sc3ccccc3)CC2)CC1.I. The van der Waals surface area contributed by atoms with Crippen LogP contribution in [0.4, 0.5) is 4.79 Å². The molecule has 0 bridgehead atoms. The second-order valence-corrected chi connectivity index (χ2v) is 8.67. The van der Waals surface area contributed by atoms with E-state index in [1.165, 1.54) is 17.7 Å². The van der Waals surface area contributed by atoms with Gasteiger partial charge in [-0.1, -0.05) is 18.2 Å². The number of rotatable bonds is 6. The molecule has 156 valence electrons. The molecule has 0 radical (unpaired) electrons. The number of guanidine groups is 1. The number of benzene rings is 1. The van der Waals surface area contributed by atoms with E-state index < -0.39 is 0 Å². The lowest BCUT2D eigenvalue weighted by molar-refractivity contribution is 0.0963. The van der Waals surface area contributed by atoms with Crippen LogP contribution < -0.4 is 10.6 Å². The Balaban J connectivity index is 0.00000280. The molecule has 1 amide bonds. The number of piperidine rings is 1. The first-order chi connectivity index (χ1) is 13.1. The van der Waals surface area contributed by atoms with Gasteiger partial charge in [0.1, 0.15) is 0 Å². The summed E-state index contributed by atoms with van der Waals surface area (Å²) < 4.78 is 5.36. The van der Waals surface area contributed by atoms with Crippen molar-refractivity contribution in [2.45, 2.75) is 48.3 Å². The number of halogens is 1. The maximum absolute atomic E-state index is 11.8. The summed E-state index contributed by atoms with van der Waals surface area (Å²) in [5.41, 5.74) is 0. The molecule has 0 unspecified atom stereocenters. The zero-order valence-corrected chi connectivity index (χ0v) is 19.8. The van der Waals surface area contributed by atoms with E-state index in [4.69, 9.17) is 4.74 Å². The Morgan fingerprint density at radius 3 is 2.54 bits per heavy atom. The summed E-state index contributed by atoms with van der Waals surface area (Å²) in [5.74, 6) is 0.851. The van der Waals surface area contributed by atoms with E-state index in [1.54, 1.807) is 4.90 Å². The molecular formula is C20H31IN4O2S. The molecule has 2 N–H and O–H groups in total. The van der Waals surface area contributed by atoms with Crippen LogP contribution >= 0.6 is 35.7 Å². The third kappa shape index (κ3) is 6.72. The van der Waals surface area contributed by atoms with Crippen molar-refractivity contribution >= 4 is 47.8 Å². The van der Waals surface area contributed by atoms with Crippen LogP contribution in [0.2, 0.25) is 0 Å². The van der Waals surface area contributed by atoms with Gasteiger partial charge in [-0.25, -0.2) is 4.79 Å². The molecule has 1 saturated heterocycles. The second kappa shape index (κ2) is 11.1. The van der Waals surface area contributed by atoms with Crippen molar-refractivity contribution in [1.82, 2.24) is 15.5 Å². The van der Waals surface area contributed by atoms with E-state index in [2.05, 4.69) is 46.0 Å². The average Bonchev–Trinajstić information content (AvgIpc) is 3.46. The first kappa shape index (κ1) is 23.1. The lowest BCUT2D eigenvalue weighted by Crippen LogP contribution is -2.50. The van der Waals surface area contributed by atoms with Gasteiger partial charge >= 0.3 is 6.09 Å². The fourth-order valence-electron chi connectivity index (χ4n) is 3.25. The highest BCUT2D eigenvalue weighted by molar-refractivity contribution is 14.0. The number of likely N-dealkylation sites (tertiary alicyclic amines) is 1. The van der Waals surface area contributed by atoms with Crippen LogP contribution in [-0.4, -0.2) is 61.0 Å². The molecule has 2 fully saturated rings. The smallest absolute Gasteiger partial charge is 0.409 e. The van der Waals surface area contributed by atoms with Crippen molar-refractivity contribution in [3.8, 4) is 0 Å². The monoisotopic (exact) mass is 518 g/mol. The minimum atomic E-state index is -0.202. The molecule has 28 heavy (non-hydrogen) atoms. The number of carbonyl (C=O) groups is 1. The molecule has 3 rings (SSSR count). The maximum atomic E-state index is 11.8. The summed E-state index contributed by atoms with van der Waals surface area (Å²) in [7, 11) is 1.81. The van der Waals surface area contributed by atoms with E-state index in [9.17, 15) is 4.79 Å². The summed E-state index contributed by atoms with van der Waals surface area (Å²) in [6.45, 7) is 4.62. The molecule has 1 heterocycles. The minimum Gasteiger partial charge on any atom is -0.450 e. The molecule has 6 nitrogen and oxygen atoms in total. The van der Waals surface area contributed by atoms with Crippen LogP contribution in [0, 0.1) is 0 Å². The van der Waals surface area contributed by atoms with Crippen LogP contribution in [-0.2, 0) is 4.74 Å². The van der Waals surface area contributed by atoms with Crippen molar-refractivity contribution < 1.29 is 9.53 Å². The van der Waals surface area contributed by atoms with Crippen molar-refractivity contribution in [2.24, 2.45) is 4.99 Å². The van der Waals surface area contributed by atoms with Crippen molar-refractivity contribution in [3.05, 3.63) is 30.3 Å². The standard InChI is InChI=1S/C20H30N4O2S.HI/c1-3-26-19(25)24-13-9-16(10-14-24)23-18(21-2)22-15-20(11-12-20)27-17-7-5-4-6-8-17;/h4-8,16H,3,9-15H2,1-2H3,(H2,21,22,23);1H.